The van der Waals surface area contributed by atoms with Gasteiger partial charge in [-0.3, -0.25) is 9.59 Å². The van der Waals surface area contributed by atoms with E-state index in [2.05, 4.69) is 6.92 Å². The molecule has 0 saturated carbocycles. The van der Waals surface area contributed by atoms with Crippen LogP contribution in [0.4, 0.5) is 0 Å². The molecule has 1 rings (SSSR count). The van der Waals surface area contributed by atoms with E-state index >= 15 is 0 Å². The van der Waals surface area contributed by atoms with Gasteiger partial charge in [-0.2, -0.15) is 0 Å². The molecule has 0 aliphatic carbocycles. The van der Waals surface area contributed by atoms with Crippen molar-refractivity contribution in [3.63, 3.8) is 0 Å². The highest BCUT2D eigenvalue weighted by molar-refractivity contribution is 5.80. The van der Waals surface area contributed by atoms with Crippen LogP contribution in [-0.4, -0.2) is 46.3 Å². The van der Waals surface area contributed by atoms with Crippen LogP contribution in [0, 0.1) is 0 Å². The highest BCUT2D eigenvalue weighted by atomic mass is 16.6. The second kappa shape index (κ2) is 12.2. The van der Waals surface area contributed by atoms with E-state index in [9.17, 15) is 9.59 Å². The lowest BCUT2D eigenvalue weighted by atomic mass is 9.95. The number of epoxide rings is 1. The summed E-state index contributed by atoms with van der Waals surface area (Å²) in [6.45, 7) is 1.53. The summed E-state index contributed by atoms with van der Waals surface area (Å²) in [5.41, 5.74) is 3.93. The van der Waals surface area contributed by atoms with Gasteiger partial charge in [0.05, 0.1) is 6.61 Å². The van der Waals surface area contributed by atoms with E-state index in [1.165, 1.54) is 12.8 Å². The number of ketones is 1. The molecule has 1 saturated heterocycles. The number of Topliss-reactive ketones (excluding diaryl/α,β-unsaturated/α-hetero) is 1. The number of carbonyl (C=O) groups excluding carboxylic acids is 1. The molecule has 1 aliphatic heterocycles. The van der Waals surface area contributed by atoms with Crippen molar-refractivity contribution < 1.29 is 24.5 Å². The van der Waals surface area contributed by atoms with Crippen molar-refractivity contribution in [2.75, 3.05) is 6.61 Å². The van der Waals surface area contributed by atoms with Gasteiger partial charge in [-0.1, -0.05) is 51.2 Å². The average Bonchev–Trinajstić information content (AvgIpc) is 3.40. The van der Waals surface area contributed by atoms with Crippen molar-refractivity contribution in [2.45, 2.75) is 95.3 Å². The first kappa shape index (κ1) is 22.8. The highest BCUT2D eigenvalue weighted by Crippen LogP contribution is 2.32. The van der Waals surface area contributed by atoms with Gasteiger partial charge in [-0.25, -0.2) is 0 Å². The monoisotopic (exact) mass is 369 g/mol. The minimum absolute atomic E-state index is 0.325. The fourth-order valence-electron chi connectivity index (χ4n) is 3.01. The van der Waals surface area contributed by atoms with Crippen LogP contribution in [0.2, 0.25) is 0 Å². The summed E-state index contributed by atoms with van der Waals surface area (Å²) in [5, 5.41) is 18.2. The maximum atomic E-state index is 11.7. The van der Waals surface area contributed by atoms with E-state index < -0.39 is 24.2 Å². The molecule has 0 spiro atoms. The second-order valence-corrected chi connectivity index (χ2v) is 7.26. The maximum Gasteiger partial charge on any atom is 0.328 e. The summed E-state index contributed by atoms with van der Waals surface area (Å²) in [7, 11) is 0. The standard InChI is InChI=1S/C20H35NO5/c1-2-3-4-9-12-16(23)13-10-7-5-6-8-11-14-17-18(26-17)20(21,15-22)19(24)25/h11,14,17-18,22H,2-10,12-13,15,21H2,1H3,(H,24,25). The number of aliphatic hydroxyl groups is 1. The zero-order chi connectivity index (χ0) is 19.4. The quantitative estimate of drug-likeness (QED) is 0.219. The summed E-state index contributed by atoms with van der Waals surface area (Å²) >= 11 is 0. The van der Waals surface area contributed by atoms with Gasteiger partial charge in [0.15, 0.2) is 5.54 Å². The lowest BCUT2D eigenvalue weighted by molar-refractivity contribution is -0.145. The molecule has 4 N–H and O–H groups in total. The minimum atomic E-state index is -1.72. The molecule has 1 fully saturated rings. The van der Waals surface area contributed by atoms with Gasteiger partial charge in [0.1, 0.15) is 18.0 Å². The first-order chi connectivity index (χ1) is 12.5. The van der Waals surface area contributed by atoms with Gasteiger partial charge in [0.2, 0.25) is 0 Å². The van der Waals surface area contributed by atoms with E-state index in [-0.39, 0.29) is 6.10 Å². The number of hydrogen-bond donors (Lipinski definition) is 3. The van der Waals surface area contributed by atoms with Gasteiger partial charge in [0.25, 0.3) is 0 Å². The van der Waals surface area contributed by atoms with Crippen molar-refractivity contribution in [1.29, 1.82) is 0 Å². The Morgan fingerprint density at radius 2 is 1.69 bits per heavy atom. The number of unbranched alkanes of at least 4 members (excludes halogenated alkanes) is 7. The van der Waals surface area contributed by atoms with Crippen LogP contribution in [-0.2, 0) is 14.3 Å². The van der Waals surface area contributed by atoms with Crippen LogP contribution in [0.5, 0.6) is 0 Å². The average molecular weight is 370 g/mol. The Balaban J connectivity index is 2.01. The van der Waals surface area contributed by atoms with Crippen molar-refractivity contribution >= 4 is 11.8 Å². The van der Waals surface area contributed by atoms with Gasteiger partial charge in [-0.05, 0) is 25.7 Å². The zero-order valence-corrected chi connectivity index (χ0v) is 16.0. The summed E-state index contributed by atoms with van der Waals surface area (Å²) in [6.07, 6.45) is 13.9. The second-order valence-electron chi connectivity index (χ2n) is 7.26. The first-order valence-electron chi connectivity index (χ1n) is 9.92. The third kappa shape index (κ3) is 7.98. The molecule has 6 heteroatoms. The number of rotatable bonds is 16. The normalized spacial score (nSPS) is 21.7. The molecule has 6 nitrogen and oxygen atoms in total. The largest absolute Gasteiger partial charge is 0.480 e. The van der Waals surface area contributed by atoms with Crippen LogP contribution in [0.1, 0.15) is 77.6 Å². The molecular weight excluding hydrogens is 334 g/mol. The molecule has 1 heterocycles. The van der Waals surface area contributed by atoms with Crippen molar-refractivity contribution in [2.24, 2.45) is 5.73 Å². The predicted molar refractivity (Wildman–Crippen MR) is 101 cm³/mol. The fraction of sp³-hybridized carbons (Fsp3) is 0.800. The molecule has 0 amide bonds. The molecular formula is C20H35NO5. The van der Waals surface area contributed by atoms with Crippen molar-refractivity contribution in [3.8, 4) is 0 Å². The lowest BCUT2D eigenvalue weighted by Gasteiger charge is -2.18. The van der Waals surface area contributed by atoms with Crippen LogP contribution in [0.25, 0.3) is 0 Å². The van der Waals surface area contributed by atoms with E-state index in [1.54, 1.807) is 0 Å². The third-order valence-corrected chi connectivity index (χ3v) is 4.90. The number of allylic oxidation sites excluding steroid dienone is 1. The molecule has 26 heavy (non-hydrogen) atoms. The Bertz CT molecular complexity index is 465. The summed E-state index contributed by atoms with van der Waals surface area (Å²) in [4.78, 5) is 22.8. The number of hydrogen-bond acceptors (Lipinski definition) is 5. The number of nitrogens with two attached hydrogens (primary N) is 1. The Labute approximate surface area is 156 Å². The van der Waals surface area contributed by atoms with Gasteiger partial charge in [0, 0.05) is 12.8 Å². The lowest BCUT2D eigenvalue weighted by Crippen LogP contribution is -2.56. The number of carbonyl (C=O) groups is 2. The maximum absolute atomic E-state index is 11.7. The van der Waals surface area contributed by atoms with E-state index in [1.807, 2.05) is 12.2 Å². The SMILES string of the molecule is CCCCCCC(=O)CCCCCCC=CC1OC1C(N)(CO)C(=O)O. The number of ether oxygens (including phenoxy) is 1. The predicted octanol–water partition coefficient (Wildman–Crippen LogP) is 2.96. The molecule has 0 bridgehead atoms. The third-order valence-electron chi connectivity index (χ3n) is 4.90. The van der Waals surface area contributed by atoms with Gasteiger partial charge >= 0.3 is 5.97 Å². The zero-order valence-electron chi connectivity index (χ0n) is 16.0. The molecule has 150 valence electrons. The van der Waals surface area contributed by atoms with Crippen LogP contribution >= 0.6 is 0 Å². The molecule has 3 atom stereocenters. The minimum Gasteiger partial charge on any atom is -0.480 e. The van der Waals surface area contributed by atoms with Crippen molar-refractivity contribution in [1.82, 2.24) is 0 Å². The highest BCUT2D eigenvalue weighted by Gasteiger charge is 2.56. The number of aliphatic hydroxyl groups excluding tert-OH is 1. The summed E-state index contributed by atoms with van der Waals surface area (Å²) in [6, 6.07) is 0. The van der Waals surface area contributed by atoms with Crippen molar-refractivity contribution in [3.05, 3.63) is 12.2 Å². The smallest absolute Gasteiger partial charge is 0.328 e. The van der Waals surface area contributed by atoms with E-state index in [4.69, 9.17) is 20.7 Å². The van der Waals surface area contributed by atoms with Crippen LogP contribution in [0.15, 0.2) is 12.2 Å². The molecule has 0 aromatic heterocycles. The molecule has 3 unspecified atom stereocenters. The Morgan fingerprint density at radius 3 is 2.27 bits per heavy atom. The van der Waals surface area contributed by atoms with Crippen LogP contribution < -0.4 is 5.73 Å². The number of carboxylic acids is 1. The molecule has 0 radical (unpaired) electrons. The Kier molecular flexibility index (Phi) is 10.7. The number of aliphatic carboxylic acids is 1. The summed E-state index contributed by atoms with van der Waals surface area (Å²) in [5.74, 6) is -0.855. The number of carboxylic acid groups (broad SMARTS) is 1. The molecule has 0 aromatic rings. The Hall–Kier alpha value is -1.24. The van der Waals surface area contributed by atoms with E-state index in [0.717, 1.165) is 51.4 Å². The topological polar surface area (TPSA) is 113 Å². The fourth-order valence-corrected chi connectivity index (χ4v) is 3.01. The Morgan fingerprint density at radius 1 is 1.08 bits per heavy atom. The van der Waals surface area contributed by atoms with Gasteiger partial charge in [-0.15, -0.1) is 0 Å². The van der Waals surface area contributed by atoms with Gasteiger partial charge < -0.3 is 20.7 Å². The first-order valence-corrected chi connectivity index (χ1v) is 9.92. The summed E-state index contributed by atoms with van der Waals surface area (Å²) < 4.78 is 5.26. The molecule has 1 aliphatic rings. The molecule has 0 aromatic carbocycles. The van der Waals surface area contributed by atoms with Crippen LogP contribution in [0.3, 0.4) is 0 Å². The van der Waals surface area contributed by atoms with E-state index in [0.29, 0.717) is 12.2 Å².